The van der Waals surface area contributed by atoms with Crippen LogP contribution in [0.1, 0.15) is 11.5 Å². The van der Waals surface area contributed by atoms with E-state index in [1.165, 1.54) is 14.0 Å². The van der Waals surface area contributed by atoms with Crippen molar-refractivity contribution in [2.24, 2.45) is 0 Å². The third kappa shape index (κ3) is 2.01. The van der Waals surface area contributed by atoms with Gasteiger partial charge >= 0.3 is 0 Å². The third-order valence-corrected chi connectivity index (χ3v) is 5.55. The Morgan fingerprint density at radius 1 is 0.700 bits per heavy atom. The number of hydrogen-bond acceptors (Lipinski definition) is 4. The van der Waals surface area contributed by atoms with Gasteiger partial charge in [0.1, 0.15) is 11.5 Å². The lowest BCUT2D eigenvalue weighted by Crippen LogP contribution is -1.84. The van der Waals surface area contributed by atoms with E-state index in [9.17, 15) is 0 Å². The topological polar surface area (TPSA) is 26.3 Å². The van der Waals surface area contributed by atoms with Gasteiger partial charge in [0.15, 0.2) is 0 Å². The maximum absolute atomic E-state index is 5.59. The molecule has 2 nitrogen and oxygen atoms in total. The van der Waals surface area contributed by atoms with Gasteiger partial charge in [-0.15, -0.1) is 0 Å². The second-order valence-electron chi connectivity index (χ2n) is 4.27. The second-order valence-corrected chi connectivity index (χ2v) is 6.63. The molecule has 0 aliphatic carbocycles. The summed E-state index contributed by atoms with van der Waals surface area (Å²) < 4.78 is 12.4. The van der Waals surface area contributed by atoms with Gasteiger partial charge in [0.05, 0.1) is 22.3 Å². The van der Waals surface area contributed by atoms with Gasteiger partial charge in [-0.25, -0.2) is 0 Å². The smallest absolute Gasteiger partial charge is 0.139 e. The Kier molecular flexibility index (Phi) is 2.98. The lowest BCUT2D eigenvalue weighted by molar-refractivity contribution is 0.530. The Bertz CT molecular complexity index is 692. The van der Waals surface area contributed by atoms with Crippen LogP contribution >= 0.6 is 23.5 Å². The summed E-state index contributed by atoms with van der Waals surface area (Å²) in [4.78, 5) is 2.56. The zero-order valence-electron chi connectivity index (χ0n) is 10.4. The quantitative estimate of drug-likeness (QED) is 0.625. The molecule has 0 spiro atoms. The van der Waals surface area contributed by atoms with Crippen LogP contribution in [0.4, 0.5) is 0 Å². The zero-order chi connectivity index (χ0) is 13.4. The first-order valence-corrected chi connectivity index (χ1v) is 7.82. The van der Waals surface area contributed by atoms with Crippen LogP contribution in [0.25, 0.3) is 5.57 Å². The van der Waals surface area contributed by atoms with Crippen LogP contribution in [0.2, 0.25) is 0 Å². The van der Waals surface area contributed by atoms with Crippen molar-refractivity contribution in [3.8, 4) is 0 Å². The minimum Gasteiger partial charge on any atom is -0.464 e. The molecule has 98 valence electrons. The number of rotatable bonds is 2. The molecule has 0 saturated carbocycles. The van der Waals surface area contributed by atoms with E-state index in [-0.39, 0.29) is 0 Å². The highest BCUT2D eigenvalue weighted by molar-refractivity contribution is 8.25. The molecule has 0 bridgehead atoms. The predicted molar refractivity (Wildman–Crippen MR) is 81.6 cm³/mol. The predicted octanol–water partition coefficient (Wildman–Crippen LogP) is 5.49. The first-order chi connectivity index (χ1) is 9.92. The van der Waals surface area contributed by atoms with Gasteiger partial charge in [0.25, 0.3) is 0 Å². The molecule has 1 aliphatic rings. The van der Waals surface area contributed by atoms with Crippen molar-refractivity contribution in [1.82, 2.24) is 0 Å². The van der Waals surface area contributed by atoms with Crippen LogP contribution in [0.15, 0.2) is 83.9 Å². The van der Waals surface area contributed by atoms with Crippen LogP contribution in [-0.4, -0.2) is 0 Å². The SMILES string of the molecule is c1coc(C(=C2Sc3ccccc3S2)c2ccco2)c1. The fourth-order valence-electron chi connectivity index (χ4n) is 2.11. The highest BCUT2D eigenvalue weighted by Crippen LogP contribution is 2.54. The number of fused-ring (bicyclic) bond motifs is 1. The molecule has 3 aromatic rings. The zero-order valence-corrected chi connectivity index (χ0v) is 12.0. The fourth-order valence-corrected chi connectivity index (χ4v) is 4.70. The molecule has 1 aromatic carbocycles. The van der Waals surface area contributed by atoms with Crippen molar-refractivity contribution >= 4 is 29.1 Å². The monoisotopic (exact) mass is 298 g/mol. The highest BCUT2D eigenvalue weighted by atomic mass is 32.2. The van der Waals surface area contributed by atoms with E-state index in [1.807, 2.05) is 24.3 Å². The Balaban J connectivity index is 1.86. The van der Waals surface area contributed by atoms with Crippen LogP contribution in [0.5, 0.6) is 0 Å². The summed E-state index contributed by atoms with van der Waals surface area (Å²) in [6.45, 7) is 0. The van der Waals surface area contributed by atoms with E-state index >= 15 is 0 Å². The molecule has 0 unspecified atom stereocenters. The summed E-state index contributed by atoms with van der Waals surface area (Å²) in [6, 6.07) is 16.1. The highest BCUT2D eigenvalue weighted by Gasteiger charge is 2.24. The molecule has 20 heavy (non-hydrogen) atoms. The first-order valence-electron chi connectivity index (χ1n) is 6.18. The van der Waals surface area contributed by atoms with Crippen molar-refractivity contribution in [2.75, 3.05) is 0 Å². The second kappa shape index (κ2) is 4.96. The van der Waals surface area contributed by atoms with Crippen molar-refractivity contribution in [2.45, 2.75) is 9.79 Å². The Hall–Kier alpha value is -1.78. The normalized spacial score (nSPS) is 13.5. The van der Waals surface area contributed by atoms with E-state index in [2.05, 4.69) is 24.3 Å². The van der Waals surface area contributed by atoms with Crippen molar-refractivity contribution in [3.63, 3.8) is 0 Å². The van der Waals surface area contributed by atoms with E-state index in [4.69, 9.17) is 8.83 Å². The Morgan fingerprint density at radius 3 is 1.70 bits per heavy atom. The molecule has 1 aliphatic heterocycles. The van der Waals surface area contributed by atoms with E-state index in [0.717, 1.165) is 17.1 Å². The molecular weight excluding hydrogens is 288 g/mol. The molecule has 0 fully saturated rings. The molecular formula is C16H10O2S2. The fraction of sp³-hybridized carbons (Fsp3) is 0. The molecule has 2 aromatic heterocycles. The van der Waals surface area contributed by atoms with E-state index < -0.39 is 0 Å². The van der Waals surface area contributed by atoms with Crippen LogP contribution in [0.3, 0.4) is 0 Å². The van der Waals surface area contributed by atoms with Crippen LogP contribution in [0, 0.1) is 0 Å². The third-order valence-electron chi connectivity index (χ3n) is 2.99. The first kappa shape index (κ1) is 12.0. The van der Waals surface area contributed by atoms with Gasteiger partial charge in [0.2, 0.25) is 0 Å². The van der Waals surface area contributed by atoms with Gasteiger partial charge in [-0.3, -0.25) is 0 Å². The Labute approximate surface area is 124 Å². The number of furan rings is 2. The van der Waals surface area contributed by atoms with Crippen molar-refractivity contribution in [3.05, 3.63) is 76.8 Å². The number of benzene rings is 1. The van der Waals surface area contributed by atoms with Gasteiger partial charge in [-0.1, -0.05) is 35.7 Å². The van der Waals surface area contributed by atoms with Gasteiger partial charge in [-0.05, 0) is 36.4 Å². The maximum atomic E-state index is 5.59. The lowest BCUT2D eigenvalue weighted by Gasteiger charge is -2.04. The minimum atomic E-state index is 0.836. The summed E-state index contributed by atoms with van der Waals surface area (Å²) in [5.41, 5.74) is 1.02. The number of hydrogen-bond donors (Lipinski definition) is 0. The van der Waals surface area contributed by atoms with Crippen molar-refractivity contribution < 1.29 is 8.83 Å². The maximum Gasteiger partial charge on any atom is 0.139 e. The van der Waals surface area contributed by atoms with E-state index in [0.29, 0.717) is 0 Å². The van der Waals surface area contributed by atoms with Gasteiger partial charge in [-0.2, -0.15) is 0 Å². The average Bonchev–Trinajstić information content (AvgIpc) is 3.21. The van der Waals surface area contributed by atoms with Gasteiger partial charge in [0, 0.05) is 9.79 Å². The number of thioether (sulfide) groups is 2. The molecule has 3 heterocycles. The molecule has 0 saturated heterocycles. The van der Waals surface area contributed by atoms with Crippen molar-refractivity contribution in [1.29, 1.82) is 0 Å². The largest absolute Gasteiger partial charge is 0.464 e. The summed E-state index contributed by atoms with van der Waals surface area (Å²) in [5.74, 6) is 1.67. The molecule has 4 rings (SSSR count). The standard InChI is InChI=1S/C16H10O2S2/c1-2-8-14-13(7-1)19-16(20-14)15(11-5-3-9-17-11)12-6-4-10-18-12/h1-10H. The summed E-state index contributed by atoms with van der Waals surface area (Å²) in [6.07, 6.45) is 3.38. The molecule has 4 heteroatoms. The molecule has 0 N–H and O–H groups in total. The summed E-state index contributed by atoms with van der Waals surface area (Å²) >= 11 is 3.53. The lowest BCUT2D eigenvalue weighted by atomic mass is 10.2. The summed E-state index contributed by atoms with van der Waals surface area (Å²) in [5, 5.41) is 0. The summed E-state index contributed by atoms with van der Waals surface area (Å²) in [7, 11) is 0. The molecule has 0 amide bonds. The average molecular weight is 298 g/mol. The van der Waals surface area contributed by atoms with E-state index in [1.54, 1.807) is 36.1 Å². The minimum absolute atomic E-state index is 0.836. The molecule has 0 radical (unpaired) electrons. The van der Waals surface area contributed by atoms with Crippen LogP contribution in [-0.2, 0) is 0 Å². The molecule has 0 atom stereocenters. The van der Waals surface area contributed by atoms with Gasteiger partial charge < -0.3 is 8.83 Å². The Morgan fingerprint density at radius 2 is 1.25 bits per heavy atom. The van der Waals surface area contributed by atoms with Crippen LogP contribution < -0.4 is 0 Å².